The largest absolute Gasteiger partial charge is 0.497 e. The molecule has 118 valence electrons. The minimum absolute atomic E-state index is 0.614. The molecule has 2 aromatic rings. The quantitative estimate of drug-likeness (QED) is 0.852. The first-order chi connectivity index (χ1) is 11.3. The normalized spacial score (nSPS) is 21.2. The molecule has 1 aromatic heterocycles. The summed E-state index contributed by atoms with van der Waals surface area (Å²) in [6.07, 6.45) is 2.54. The molecule has 0 saturated carbocycles. The molecular weight excluding hydrogens is 288 g/mol. The second-order valence-corrected chi connectivity index (χ2v) is 6.31. The molecule has 4 rings (SSSR count). The fraction of sp³-hybridized carbons (Fsp3) is 0.444. The van der Waals surface area contributed by atoms with Crippen LogP contribution in [0.3, 0.4) is 0 Å². The van der Waals surface area contributed by atoms with Crippen LogP contribution in [0.1, 0.15) is 18.4 Å². The number of benzene rings is 1. The van der Waals surface area contributed by atoms with Crippen LogP contribution in [0.25, 0.3) is 10.9 Å². The molecule has 1 atom stereocenters. The highest BCUT2D eigenvalue weighted by Gasteiger charge is 2.31. The molecule has 5 nitrogen and oxygen atoms in total. The summed E-state index contributed by atoms with van der Waals surface area (Å²) >= 11 is 0. The van der Waals surface area contributed by atoms with Gasteiger partial charge in [0.1, 0.15) is 17.6 Å². The predicted octanol–water partition coefficient (Wildman–Crippen LogP) is 2.40. The molecule has 2 saturated heterocycles. The summed E-state index contributed by atoms with van der Waals surface area (Å²) < 4.78 is 5.26. The van der Waals surface area contributed by atoms with E-state index >= 15 is 0 Å². The van der Waals surface area contributed by atoms with Gasteiger partial charge in [-0.2, -0.15) is 5.26 Å². The third kappa shape index (κ3) is 2.49. The standard InChI is InChI=1S/C18H20N4O/c1-23-16-4-5-17-13(10-16)9-14(11-19)18(20-17)22-8-7-21-6-2-3-15(21)12-22/h4-5,9-10,15H,2-3,6-8,12H2,1H3. The zero-order valence-corrected chi connectivity index (χ0v) is 13.3. The Morgan fingerprint density at radius 3 is 3.00 bits per heavy atom. The lowest BCUT2D eigenvalue weighted by atomic mass is 10.1. The molecule has 23 heavy (non-hydrogen) atoms. The monoisotopic (exact) mass is 308 g/mol. The van der Waals surface area contributed by atoms with Crippen molar-refractivity contribution in [3.05, 3.63) is 29.8 Å². The second kappa shape index (κ2) is 5.71. The Balaban J connectivity index is 1.72. The Labute approximate surface area is 136 Å². The van der Waals surface area contributed by atoms with Gasteiger partial charge in [0.25, 0.3) is 0 Å². The highest BCUT2D eigenvalue weighted by molar-refractivity contribution is 5.84. The number of ether oxygens (including phenoxy) is 1. The van der Waals surface area contributed by atoms with Crippen LogP contribution in [0.2, 0.25) is 0 Å². The van der Waals surface area contributed by atoms with E-state index in [-0.39, 0.29) is 0 Å². The first kappa shape index (κ1) is 14.3. The predicted molar refractivity (Wildman–Crippen MR) is 89.8 cm³/mol. The molecule has 2 fully saturated rings. The maximum atomic E-state index is 9.56. The van der Waals surface area contributed by atoms with Crippen molar-refractivity contribution in [1.82, 2.24) is 9.88 Å². The van der Waals surface area contributed by atoms with E-state index in [1.807, 2.05) is 24.3 Å². The van der Waals surface area contributed by atoms with E-state index < -0.39 is 0 Å². The molecule has 0 aliphatic carbocycles. The second-order valence-electron chi connectivity index (χ2n) is 6.31. The van der Waals surface area contributed by atoms with Gasteiger partial charge >= 0.3 is 0 Å². The van der Waals surface area contributed by atoms with Crippen LogP contribution in [0.15, 0.2) is 24.3 Å². The zero-order chi connectivity index (χ0) is 15.8. The van der Waals surface area contributed by atoms with Crippen LogP contribution in [0.4, 0.5) is 5.82 Å². The third-order valence-electron chi connectivity index (χ3n) is 5.01. The van der Waals surface area contributed by atoms with Crippen molar-refractivity contribution < 1.29 is 4.74 Å². The van der Waals surface area contributed by atoms with Gasteiger partial charge in [-0.15, -0.1) is 0 Å². The molecule has 0 N–H and O–H groups in total. The van der Waals surface area contributed by atoms with Crippen molar-refractivity contribution in [2.45, 2.75) is 18.9 Å². The average Bonchev–Trinajstić information content (AvgIpc) is 3.07. The molecule has 0 radical (unpaired) electrons. The minimum Gasteiger partial charge on any atom is -0.497 e. The molecule has 1 aromatic carbocycles. The van der Waals surface area contributed by atoms with Gasteiger partial charge in [0.2, 0.25) is 0 Å². The lowest BCUT2D eigenvalue weighted by molar-refractivity contribution is 0.230. The van der Waals surface area contributed by atoms with Crippen LogP contribution in [-0.2, 0) is 0 Å². The number of pyridine rings is 1. The maximum absolute atomic E-state index is 9.56. The van der Waals surface area contributed by atoms with Crippen molar-refractivity contribution in [2.24, 2.45) is 0 Å². The van der Waals surface area contributed by atoms with Gasteiger partial charge in [0.05, 0.1) is 18.2 Å². The van der Waals surface area contributed by atoms with Crippen molar-refractivity contribution >= 4 is 16.7 Å². The van der Waals surface area contributed by atoms with Crippen LogP contribution in [0.5, 0.6) is 5.75 Å². The maximum Gasteiger partial charge on any atom is 0.147 e. The number of aromatic nitrogens is 1. The Hall–Kier alpha value is -2.32. The SMILES string of the molecule is COc1ccc2nc(N3CCN4CCCC4C3)c(C#N)cc2c1. The van der Waals surface area contributed by atoms with Crippen LogP contribution < -0.4 is 9.64 Å². The summed E-state index contributed by atoms with van der Waals surface area (Å²) in [6.45, 7) is 4.20. The Morgan fingerprint density at radius 2 is 2.17 bits per heavy atom. The van der Waals surface area contributed by atoms with Gasteiger partial charge in [0.15, 0.2) is 0 Å². The third-order valence-corrected chi connectivity index (χ3v) is 5.01. The number of piperazine rings is 1. The van der Waals surface area contributed by atoms with Crippen LogP contribution in [-0.4, -0.2) is 49.2 Å². The van der Waals surface area contributed by atoms with E-state index in [0.717, 1.165) is 42.1 Å². The van der Waals surface area contributed by atoms with Gasteiger partial charge in [-0.05, 0) is 43.7 Å². The summed E-state index contributed by atoms with van der Waals surface area (Å²) in [5, 5.41) is 10.5. The minimum atomic E-state index is 0.614. The Kier molecular flexibility index (Phi) is 3.55. The smallest absolute Gasteiger partial charge is 0.147 e. The van der Waals surface area contributed by atoms with Crippen LogP contribution in [0, 0.1) is 11.3 Å². The molecule has 0 amide bonds. The van der Waals surface area contributed by atoms with E-state index in [2.05, 4.69) is 15.9 Å². The van der Waals surface area contributed by atoms with Crippen molar-refractivity contribution in [3.8, 4) is 11.8 Å². The average molecular weight is 308 g/mol. The number of fused-ring (bicyclic) bond motifs is 2. The number of methoxy groups -OCH3 is 1. The number of hydrogen-bond acceptors (Lipinski definition) is 5. The first-order valence-corrected chi connectivity index (χ1v) is 8.16. The number of rotatable bonds is 2. The Morgan fingerprint density at radius 1 is 1.26 bits per heavy atom. The molecule has 1 unspecified atom stereocenters. The van der Waals surface area contributed by atoms with E-state index in [1.54, 1.807) is 7.11 Å². The molecule has 0 bridgehead atoms. The van der Waals surface area contributed by atoms with Crippen LogP contribution >= 0.6 is 0 Å². The molecule has 2 aliphatic rings. The molecule has 2 aliphatic heterocycles. The summed E-state index contributed by atoms with van der Waals surface area (Å²) in [7, 11) is 1.65. The highest BCUT2D eigenvalue weighted by Crippen LogP contribution is 2.29. The summed E-state index contributed by atoms with van der Waals surface area (Å²) in [4.78, 5) is 9.64. The molecule has 3 heterocycles. The molecule has 0 spiro atoms. The van der Waals surface area contributed by atoms with Gasteiger partial charge < -0.3 is 9.64 Å². The van der Waals surface area contributed by atoms with Gasteiger partial charge in [-0.1, -0.05) is 0 Å². The lowest BCUT2D eigenvalue weighted by Crippen LogP contribution is -2.50. The van der Waals surface area contributed by atoms with E-state index in [9.17, 15) is 5.26 Å². The van der Waals surface area contributed by atoms with E-state index in [1.165, 1.54) is 19.4 Å². The number of anilines is 1. The van der Waals surface area contributed by atoms with E-state index in [0.29, 0.717) is 11.6 Å². The first-order valence-electron chi connectivity index (χ1n) is 8.16. The van der Waals surface area contributed by atoms with Gasteiger partial charge in [-0.3, -0.25) is 4.90 Å². The Bertz CT molecular complexity index is 782. The topological polar surface area (TPSA) is 52.4 Å². The number of hydrogen-bond donors (Lipinski definition) is 0. The van der Waals surface area contributed by atoms with Gasteiger partial charge in [-0.25, -0.2) is 4.98 Å². The van der Waals surface area contributed by atoms with Crippen molar-refractivity contribution in [2.75, 3.05) is 38.2 Å². The fourth-order valence-electron chi connectivity index (χ4n) is 3.78. The zero-order valence-electron chi connectivity index (χ0n) is 13.3. The van der Waals surface area contributed by atoms with Crippen molar-refractivity contribution in [1.29, 1.82) is 5.26 Å². The fourth-order valence-corrected chi connectivity index (χ4v) is 3.78. The van der Waals surface area contributed by atoms with Gasteiger partial charge in [0, 0.05) is 31.1 Å². The molecule has 5 heteroatoms. The number of nitrogens with zero attached hydrogens (tertiary/aromatic N) is 4. The summed E-state index contributed by atoms with van der Waals surface area (Å²) in [5.41, 5.74) is 1.56. The summed E-state index contributed by atoms with van der Waals surface area (Å²) in [5.74, 6) is 1.62. The summed E-state index contributed by atoms with van der Waals surface area (Å²) in [6, 6.07) is 10.7. The van der Waals surface area contributed by atoms with Crippen molar-refractivity contribution in [3.63, 3.8) is 0 Å². The highest BCUT2D eigenvalue weighted by atomic mass is 16.5. The molecular formula is C18H20N4O. The lowest BCUT2D eigenvalue weighted by Gasteiger charge is -2.38. The van der Waals surface area contributed by atoms with E-state index in [4.69, 9.17) is 9.72 Å². The number of nitriles is 1.